The Labute approximate surface area is 82.0 Å². The summed E-state index contributed by atoms with van der Waals surface area (Å²) in [7, 11) is 0. The summed E-state index contributed by atoms with van der Waals surface area (Å²) < 4.78 is 28.5. The Balaban J connectivity index is 2.14. The molecule has 1 aromatic carbocycles. The first-order chi connectivity index (χ1) is 6.79. The largest absolute Gasteiger partial charge is 0.494 e. The highest BCUT2D eigenvalue weighted by atomic mass is 19.3. The van der Waals surface area contributed by atoms with Gasteiger partial charge in [-0.05, 0) is 31.1 Å². The first kappa shape index (κ1) is 10.7. The third-order valence-electron chi connectivity index (χ3n) is 1.66. The van der Waals surface area contributed by atoms with Gasteiger partial charge in [0.05, 0.1) is 6.61 Å². The van der Waals surface area contributed by atoms with Crippen LogP contribution in [0.3, 0.4) is 0 Å². The van der Waals surface area contributed by atoms with Gasteiger partial charge in [0, 0.05) is 0 Å². The molecule has 14 heavy (non-hydrogen) atoms. The summed E-state index contributed by atoms with van der Waals surface area (Å²) in [6, 6.07) is 9.32. The first-order valence-corrected chi connectivity index (χ1v) is 4.48. The number of hydrogen-bond acceptors (Lipinski definition) is 1. The fraction of sp³-hybridized carbons (Fsp3) is 0.273. The molecule has 0 bridgehead atoms. The molecule has 0 aliphatic rings. The van der Waals surface area contributed by atoms with E-state index in [9.17, 15) is 8.78 Å². The molecule has 76 valence electrons. The second kappa shape index (κ2) is 6.13. The van der Waals surface area contributed by atoms with Gasteiger partial charge in [-0.3, -0.25) is 0 Å². The zero-order valence-corrected chi connectivity index (χ0v) is 7.75. The van der Waals surface area contributed by atoms with Crippen molar-refractivity contribution in [2.45, 2.75) is 12.8 Å². The average molecular weight is 198 g/mol. The van der Waals surface area contributed by atoms with Gasteiger partial charge in [0.2, 0.25) is 0 Å². The van der Waals surface area contributed by atoms with Crippen LogP contribution in [0.1, 0.15) is 12.8 Å². The summed E-state index contributed by atoms with van der Waals surface area (Å²) in [6.45, 7) is 0.466. The summed E-state index contributed by atoms with van der Waals surface area (Å²) in [6.07, 6.45) is 0.250. The number of rotatable bonds is 5. The topological polar surface area (TPSA) is 9.23 Å². The molecule has 0 spiro atoms. The Morgan fingerprint density at radius 2 is 1.93 bits per heavy atom. The molecule has 1 aromatic rings. The fourth-order valence-electron chi connectivity index (χ4n) is 1.00. The van der Waals surface area contributed by atoms with Crippen LogP contribution in [0.15, 0.2) is 42.5 Å². The maximum absolute atomic E-state index is 11.6. The minimum Gasteiger partial charge on any atom is -0.494 e. The second-order valence-corrected chi connectivity index (χ2v) is 2.80. The molecule has 0 atom stereocenters. The van der Waals surface area contributed by atoms with Crippen molar-refractivity contribution >= 4 is 0 Å². The highest BCUT2D eigenvalue weighted by molar-refractivity contribution is 5.20. The molecular weight excluding hydrogens is 186 g/mol. The smallest absolute Gasteiger partial charge is 0.266 e. The predicted molar refractivity (Wildman–Crippen MR) is 51.5 cm³/mol. The van der Waals surface area contributed by atoms with Crippen LogP contribution >= 0.6 is 0 Å². The highest BCUT2D eigenvalue weighted by Gasteiger charge is 1.92. The number of allylic oxidation sites excluding steroid dienone is 1. The second-order valence-electron chi connectivity index (χ2n) is 2.80. The Morgan fingerprint density at radius 1 is 1.21 bits per heavy atom. The molecule has 1 nitrogen and oxygen atoms in total. The summed E-state index contributed by atoms with van der Waals surface area (Å²) in [5, 5.41) is 0. The average Bonchev–Trinajstić information content (AvgIpc) is 2.18. The van der Waals surface area contributed by atoms with Gasteiger partial charge in [-0.15, -0.1) is 0 Å². The van der Waals surface area contributed by atoms with E-state index in [1.165, 1.54) is 0 Å². The molecule has 0 unspecified atom stereocenters. The number of hydrogen-bond donors (Lipinski definition) is 0. The molecule has 1 rings (SSSR count). The maximum Gasteiger partial charge on any atom is 0.266 e. The molecule has 3 heteroatoms. The van der Waals surface area contributed by atoms with Crippen LogP contribution in [-0.2, 0) is 0 Å². The van der Waals surface area contributed by atoms with E-state index in [0.717, 1.165) is 11.8 Å². The molecule has 0 aromatic heterocycles. The van der Waals surface area contributed by atoms with Crippen LogP contribution in [0.2, 0.25) is 0 Å². The van der Waals surface area contributed by atoms with E-state index < -0.39 is 6.08 Å². The monoisotopic (exact) mass is 198 g/mol. The normalized spacial score (nSPS) is 9.57. The maximum atomic E-state index is 11.6. The summed E-state index contributed by atoms with van der Waals surface area (Å²) in [5.41, 5.74) is 0. The van der Waals surface area contributed by atoms with Crippen LogP contribution < -0.4 is 4.74 Å². The molecule has 0 aliphatic carbocycles. The minimum atomic E-state index is -1.62. The molecule has 0 radical (unpaired) electrons. The number of ether oxygens (including phenoxy) is 1. The van der Waals surface area contributed by atoms with Crippen LogP contribution in [0.5, 0.6) is 5.75 Å². The molecule has 0 aliphatic heterocycles. The van der Waals surface area contributed by atoms with Gasteiger partial charge < -0.3 is 4.74 Å². The quantitative estimate of drug-likeness (QED) is 0.656. The van der Waals surface area contributed by atoms with Crippen molar-refractivity contribution < 1.29 is 13.5 Å². The van der Waals surface area contributed by atoms with E-state index in [1.54, 1.807) is 0 Å². The van der Waals surface area contributed by atoms with E-state index >= 15 is 0 Å². The van der Waals surface area contributed by atoms with Gasteiger partial charge in [-0.25, -0.2) is 0 Å². The number of para-hydroxylation sites is 1. The van der Waals surface area contributed by atoms with Crippen molar-refractivity contribution in [3.8, 4) is 5.75 Å². The third-order valence-corrected chi connectivity index (χ3v) is 1.66. The molecule has 0 saturated heterocycles. The molecule has 0 N–H and O–H groups in total. The van der Waals surface area contributed by atoms with Crippen molar-refractivity contribution in [2.75, 3.05) is 6.61 Å². The number of benzene rings is 1. The van der Waals surface area contributed by atoms with Gasteiger partial charge in [-0.2, -0.15) is 8.78 Å². The van der Waals surface area contributed by atoms with Crippen molar-refractivity contribution in [3.05, 3.63) is 42.5 Å². The molecule has 0 amide bonds. The third kappa shape index (κ3) is 4.60. The van der Waals surface area contributed by atoms with E-state index in [1.807, 2.05) is 30.3 Å². The van der Waals surface area contributed by atoms with Gasteiger partial charge in [0.1, 0.15) is 5.75 Å². The molecule has 0 saturated carbocycles. The lowest BCUT2D eigenvalue weighted by atomic mass is 10.3. The molecule has 0 fully saturated rings. The van der Waals surface area contributed by atoms with Crippen LogP contribution in [0.4, 0.5) is 8.78 Å². The number of unbranched alkanes of at least 4 members (excludes halogenated alkanes) is 1. The van der Waals surface area contributed by atoms with Crippen LogP contribution in [-0.4, -0.2) is 6.61 Å². The van der Waals surface area contributed by atoms with Crippen LogP contribution in [0, 0.1) is 0 Å². The molecular formula is C11H12F2O. The van der Waals surface area contributed by atoms with E-state index in [0.29, 0.717) is 19.4 Å². The van der Waals surface area contributed by atoms with E-state index in [2.05, 4.69) is 0 Å². The van der Waals surface area contributed by atoms with Crippen molar-refractivity contribution in [1.29, 1.82) is 0 Å². The summed E-state index contributed by atoms with van der Waals surface area (Å²) >= 11 is 0. The number of halogens is 2. The Bertz CT molecular complexity index is 279. The zero-order chi connectivity index (χ0) is 10.2. The minimum absolute atomic E-state index is 0.356. The molecule has 0 heterocycles. The van der Waals surface area contributed by atoms with E-state index in [4.69, 9.17) is 4.74 Å². The summed E-state index contributed by atoms with van der Waals surface area (Å²) in [5.74, 6) is 0.775. The van der Waals surface area contributed by atoms with Gasteiger partial charge in [0.15, 0.2) is 0 Å². The summed E-state index contributed by atoms with van der Waals surface area (Å²) in [4.78, 5) is 0. The highest BCUT2D eigenvalue weighted by Crippen LogP contribution is 2.09. The lowest BCUT2D eigenvalue weighted by Gasteiger charge is -2.03. The lowest BCUT2D eigenvalue weighted by Crippen LogP contribution is -1.95. The Morgan fingerprint density at radius 3 is 2.57 bits per heavy atom. The van der Waals surface area contributed by atoms with Crippen molar-refractivity contribution in [1.82, 2.24) is 0 Å². The van der Waals surface area contributed by atoms with Crippen LogP contribution in [0.25, 0.3) is 0 Å². The SMILES string of the molecule is FC(F)=CCCCOc1ccccc1. The lowest BCUT2D eigenvalue weighted by molar-refractivity contribution is 0.310. The van der Waals surface area contributed by atoms with Crippen molar-refractivity contribution in [2.24, 2.45) is 0 Å². The first-order valence-electron chi connectivity index (χ1n) is 4.48. The predicted octanol–water partition coefficient (Wildman–Crippen LogP) is 3.63. The fourth-order valence-corrected chi connectivity index (χ4v) is 1.00. The standard InChI is InChI=1S/C11H12F2O/c12-11(13)8-4-5-9-14-10-6-2-1-3-7-10/h1-3,6-8H,4-5,9H2. The Kier molecular flexibility index (Phi) is 4.69. The van der Waals surface area contributed by atoms with Gasteiger partial charge in [0.25, 0.3) is 6.08 Å². The zero-order valence-electron chi connectivity index (χ0n) is 7.75. The Hall–Kier alpha value is -1.38. The van der Waals surface area contributed by atoms with Gasteiger partial charge in [-0.1, -0.05) is 18.2 Å². The van der Waals surface area contributed by atoms with Gasteiger partial charge >= 0.3 is 0 Å². The van der Waals surface area contributed by atoms with E-state index in [-0.39, 0.29) is 0 Å². The van der Waals surface area contributed by atoms with Crippen molar-refractivity contribution in [3.63, 3.8) is 0 Å².